The fourth-order valence-electron chi connectivity index (χ4n) is 3.33. The van der Waals surface area contributed by atoms with Crippen molar-refractivity contribution in [1.82, 2.24) is 15.1 Å². The van der Waals surface area contributed by atoms with Gasteiger partial charge in [-0.3, -0.25) is 14.5 Å². The monoisotopic (exact) mass is 361 g/mol. The molecule has 3 heterocycles. The van der Waals surface area contributed by atoms with Crippen LogP contribution in [0.15, 0.2) is 18.2 Å². The van der Waals surface area contributed by atoms with Gasteiger partial charge < -0.3 is 24.4 Å². The number of carbonyl (C=O) groups is 2. The van der Waals surface area contributed by atoms with E-state index in [9.17, 15) is 9.59 Å². The molecule has 2 fully saturated rings. The fraction of sp³-hybridized carbons (Fsp3) is 0.556. The highest BCUT2D eigenvalue weighted by Crippen LogP contribution is 2.33. The lowest BCUT2D eigenvalue weighted by Gasteiger charge is -2.38. The number of likely N-dealkylation sites (tertiary alicyclic amines) is 1. The van der Waals surface area contributed by atoms with Crippen LogP contribution in [0.5, 0.6) is 11.5 Å². The second-order valence-electron chi connectivity index (χ2n) is 6.72. The van der Waals surface area contributed by atoms with Crippen LogP contribution in [0.1, 0.15) is 10.4 Å². The van der Waals surface area contributed by atoms with Gasteiger partial charge in [0.15, 0.2) is 11.5 Å². The van der Waals surface area contributed by atoms with Crippen LogP contribution in [-0.2, 0) is 9.53 Å². The van der Waals surface area contributed by atoms with Crippen molar-refractivity contribution in [1.29, 1.82) is 0 Å². The molecule has 8 heteroatoms. The molecule has 1 aromatic rings. The number of fused-ring (bicyclic) bond motifs is 1. The first-order chi connectivity index (χ1) is 12.7. The highest BCUT2D eigenvalue weighted by atomic mass is 16.7. The maximum absolute atomic E-state index is 12.5. The van der Waals surface area contributed by atoms with Crippen LogP contribution in [-0.4, -0.2) is 80.9 Å². The van der Waals surface area contributed by atoms with Crippen molar-refractivity contribution >= 4 is 11.8 Å². The minimum Gasteiger partial charge on any atom is -0.454 e. The summed E-state index contributed by atoms with van der Waals surface area (Å²) < 4.78 is 15.9. The summed E-state index contributed by atoms with van der Waals surface area (Å²) in [4.78, 5) is 28.7. The Morgan fingerprint density at radius 3 is 2.69 bits per heavy atom. The van der Waals surface area contributed by atoms with Gasteiger partial charge in [0.05, 0.1) is 19.1 Å². The van der Waals surface area contributed by atoms with Crippen molar-refractivity contribution in [2.24, 2.45) is 5.92 Å². The number of morpholine rings is 1. The normalized spacial score (nSPS) is 19.9. The van der Waals surface area contributed by atoms with Crippen molar-refractivity contribution in [3.63, 3.8) is 0 Å². The van der Waals surface area contributed by atoms with E-state index in [2.05, 4.69) is 10.2 Å². The standard InChI is InChI=1S/C18H23N3O5/c22-17(19-3-4-20-5-7-24-8-6-20)14-10-21(11-14)18(23)13-1-2-15-16(9-13)26-12-25-15/h1-2,9,14H,3-8,10-12H2,(H,19,22). The van der Waals surface area contributed by atoms with E-state index in [0.29, 0.717) is 36.7 Å². The van der Waals surface area contributed by atoms with Crippen molar-refractivity contribution in [2.75, 3.05) is 59.3 Å². The van der Waals surface area contributed by atoms with E-state index in [0.717, 1.165) is 32.8 Å². The maximum Gasteiger partial charge on any atom is 0.254 e. The van der Waals surface area contributed by atoms with E-state index in [1.165, 1.54) is 0 Å². The zero-order valence-corrected chi connectivity index (χ0v) is 14.6. The number of amides is 2. The molecule has 0 aromatic heterocycles. The average Bonchev–Trinajstić information content (AvgIpc) is 3.09. The van der Waals surface area contributed by atoms with Crippen LogP contribution in [0.3, 0.4) is 0 Å². The first-order valence-electron chi connectivity index (χ1n) is 8.97. The quantitative estimate of drug-likeness (QED) is 0.791. The molecule has 0 radical (unpaired) electrons. The number of rotatable bonds is 5. The Bertz CT molecular complexity index is 683. The first kappa shape index (κ1) is 17.1. The van der Waals surface area contributed by atoms with Crippen LogP contribution in [0, 0.1) is 5.92 Å². The zero-order chi connectivity index (χ0) is 17.9. The minimum absolute atomic E-state index is 0.0213. The lowest BCUT2D eigenvalue weighted by molar-refractivity contribution is -0.129. The van der Waals surface area contributed by atoms with Gasteiger partial charge in [0.1, 0.15) is 0 Å². The molecule has 0 aliphatic carbocycles. The van der Waals surface area contributed by atoms with Crippen molar-refractivity contribution in [3.05, 3.63) is 23.8 Å². The Kier molecular flexibility index (Phi) is 4.94. The number of nitrogens with zero attached hydrogens (tertiary/aromatic N) is 2. The van der Waals surface area contributed by atoms with Gasteiger partial charge in [-0.1, -0.05) is 0 Å². The summed E-state index contributed by atoms with van der Waals surface area (Å²) in [6.07, 6.45) is 0. The fourth-order valence-corrected chi connectivity index (χ4v) is 3.33. The largest absolute Gasteiger partial charge is 0.454 e. The molecule has 26 heavy (non-hydrogen) atoms. The highest BCUT2D eigenvalue weighted by molar-refractivity contribution is 5.96. The molecular formula is C18H23N3O5. The lowest BCUT2D eigenvalue weighted by atomic mass is 9.97. The van der Waals surface area contributed by atoms with Crippen molar-refractivity contribution in [2.45, 2.75) is 0 Å². The second kappa shape index (κ2) is 7.51. The molecular weight excluding hydrogens is 338 g/mol. The topological polar surface area (TPSA) is 80.3 Å². The molecule has 0 bridgehead atoms. The van der Waals surface area contributed by atoms with Crippen LogP contribution < -0.4 is 14.8 Å². The number of benzene rings is 1. The molecule has 2 amide bonds. The smallest absolute Gasteiger partial charge is 0.254 e. The third kappa shape index (κ3) is 3.61. The predicted octanol–water partition coefficient (Wildman–Crippen LogP) is -0.0643. The Morgan fingerprint density at radius 1 is 1.12 bits per heavy atom. The van der Waals surface area contributed by atoms with Crippen LogP contribution in [0.25, 0.3) is 0 Å². The third-order valence-electron chi connectivity index (χ3n) is 4.99. The summed E-state index contributed by atoms with van der Waals surface area (Å²) >= 11 is 0. The highest BCUT2D eigenvalue weighted by Gasteiger charge is 2.36. The Morgan fingerprint density at radius 2 is 1.88 bits per heavy atom. The molecule has 8 nitrogen and oxygen atoms in total. The summed E-state index contributed by atoms with van der Waals surface area (Å²) in [7, 11) is 0. The number of hydrogen-bond donors (Lipinski definition) is 1. The molecule has 0 spiro atoms. The molecule has 1 N–H and O–H groups in total. The molecule has 3 aliphatic rings. The Hall–Kier alpha value is -2.32. The van der Waals surface area contributed by atoms with Crippen molar-refractivity contribution in [3.8, 4) is 11.5 Å². The summed E-state index contributed by atoms with van der Waals surface area (Å²) in [6, 6.07) is 5.16. The summed E-state index contributed by atoms with van der Waals surface area (Å²) in [6.45, 7) is 5.90. The zero-order valence-electron chi connectivity index (χ0n) is 14.6. The molecule has 0 saturated carbocycles. The van der Waals surface area contributed by atoms with E-state index in [4.69, 9.17) is 14.2 Å². The van der Waals surface area contributed by atoms with Crippen LogP contribution in [0.4, 0.5) is 0 Å². The van der Waals surface area contributed by atoms with Crippen molar-refractivity contribution < 1.29 is 23.8 Å². The molecule has 0 atom stereocenters. The lowest BCUT2D eigenvalue weighted by Crippen LogP contribution is -2.56. The van der Waals surface area contributed by atoms with Gasteiger partial charge >= 0.3 is 0 Å². The summed E-state index contributed by atoms with van der Waals surface area (Å²) in [5.41, 5.74) is 0.556. The number of carbonyl (C=O) groups excluding carboxylic acids is 2. The molecule has 2 saturated heterocycles. The van der Waals surface area contributed by atoms with Gasteiger partial charge in [0, 0.05) is 44.8 Å². The van der Waals surface area contributed by atoms with E-state index in [-0.39, 0.29) is 24.5 Å². The summed E-state index contributed by atoms with van der Waals surface area (Å²) in [5, 5.41) is 2.97. The first-order valence-corrected chi connectivity index (χ1v) is 8.97. The Labute approximate surface area is 152 Å². The SMILES string of the molecule is O=C(NCCN1CCOCC1)C1CN(C(=O)c2ccc3c(c2)OCO3)C1. The Balaban J connectivity index is 1.20. The van der Waals surface area contributed by atoms with E-state index in [1.807, 2.05) is 0 Å². The minimum atomic E-state index is -0.127. The number of nitrogens with one attached hydrogen (secondary N) is 1. The average molecular weight is 361 g/mol. The molecule has 140 valence electrons. The van der Waals surface area contributed by atoms with Gasteiger partial charge in [-0.25, -0.2) is 0 Å². The van der Waals surface area contributed by atoms with Gasteiger partial charge in [-0.05, 0) is 18.2 Å². The second-order valence-corrected chi connectivity index (χ2v) is 6.72. The van der Waals surface area contributed by atoms with Crippen LogP contribution >= 0.6 is 0 Å². The number of hydrogen-bond acceptors (Lipinski definition) is 6. The van der Waals surface area contributed by atoms with E-state index in [1.54, 1.807) is 23.1 Å². The molecule has 3 aliphatic heterocycles. The predicted molar refractivity (Wildman–Crippen MR) is 92.2 cm³/mol. The van der Waals surface area contributed by atoms with Gasteiger partial charge in [-0.2, -0.15) is 0 Å². The molecule has 0 unspecified atom stereocenters. The summed E-state index contributed by atoms with van der Waals surface area (Å²) in [5.74, 6) is 1.06. The third-order valence-corrected chi connectivity index (χ3v) is 4.99. The van der Waals surface area contributed by atoms with Gasteiger partial charge in [-0.15, -0.1) is 0 Å². The van der Waals surface area contributed by atoms with E-state index >= 15 is 0 Å². The van der Waals surface area contributed by atoms with E-state index < -0.39 is 0 Å². The maximum atomic E-state index is 12.5. The van der Waals surface area contributed by atoms with Gasteiger partial charge in [0.25, 0.3) is 5.91 Å². The van der Waals surface area contributed by atoms with Gasteiger partial charge in [0.2, 0.25) is 12.7 Å². The van der Waals surface area contributed by atoms with Crippen LogP contribution in [0.2, 0.25) is 0 Å². The molecule has 1 aromatic carbocycles. The molecule has 4 rings (SSSR count). The number of ether oxygens (including phenoxy) is 3.